The molecule has 0 atom stereocenters. The topological polar surface area (TPSA) is 79.6 Å². The van der Waals surface area contributed by atoms with Gasteiger partial charge in [-0.05, 0) is 37.1 Å². The summed E-state index contributed by atoms with van der Waals surface area (Å²) < 4.78 is 45.3. The molecule has 8 heteroatoms. The molecular weight excluding hydrogens is 347 g/mol. The number of nitrogens with one attached hydrogen (secondary N) is 1. The molecule has 1 aromatic carbocycles. The molecule has 1 fully saturated rings. The molecule has 0 unspecified atom stereocenters. The van der Waals surface area contributed by atoms with Gasteiger partial charge in [0, 0.05) is 19.0 Å². The molecule has 1 aliphatic rings. The maximum Gasteiger partial charge on any atom is 0.245 e. The van der Waals surface area contributed by atoms with Crippen LogP contribution >= 0.6 is 0 Å². The molecule has 1 aliphatic heterocycles. The van der Waals surface area contributed by atoms with Crippen molar-refractivity contribution in [2.24, 2.45) is 5.92 Å². The molecule has 2 heterocycles. The van der Waals surface area contributed by atoms with Crippen LogP contribution in [0.1, 0.15) is 18.6 Å². The number of amides is 1. The van der Waals surface area contributed by atoms with Crippen LogP contribution in [0.3, 0.4) is 0 Å². The van der Waals surface area contributed by atoms with E-state index in [1.165, 1.54) is 28.8 Å². The highest BCUT2D eigenvalue weighted by Crippen LogP contribution is 2.25. The molecule has 0 spiro atoms. The van der Waals surface area contributed by atoms with Gasteiger partial charge in [0.1, 0.15) is 16.5 Å². The summed E-state index contributed by atoms with van der Waals surface area (Å²) in [7, 11) is -3.88. The zero-order chi connectivity index (χ0) is 17.9. The van der Waals surface area contributed by atoms with Crippen LogP contribution < -0.4 is 5.32 Å². The molecular formula is C17H19FN2O4S. The normalized spacial score (nSPS) is 16.7. The third-order valence-corrected chi connectivity index (χ3v) is 6.23. The van der Waals surface area contributed by atoms with Crippen molar-refractivity contribution in [1.82, 2.24) is 9.62 Å². The molecule has 1 saturated heterocycles. The average molecular weight is 366 g/mol. The van der Waals surface area contributed by atoms with Crippen LogP contribution in [0.5, 0.6) is 0 Å². The highest BCUT2D eigenvalue weighted by molar-refractivity contribution is 7.89. The number of sulfonamides is 1. The molecule has 1 N–H and O–H groups in total. The summed E-state index contributed by atoms with van der Waals surface area (Å²) in [6, 6.07) is 8.83. The van der Waals surface area contributed by atoms with Crippen LogP contribution in [0.2, 0.25) is 0 Å². The first-order chi connectivity index (χ1) is 12.0. The molecule has 6 nitrogen and oxygen atoms in total. The summed E-state index contributed by atoms with van der Waals surface area (Å²) >= 11 is 0. The number of rotatable bonds is 5. The summed E-state index contributed by atoms with van der Waals surface area (Å²) in [6.45, 7) is 0.685. The van der Waals surface area contributed by atoms with Crippen molar-refractivity contribution in [2.45, 2.75) is 24.3 Å². The van der Waals surface area contributed by atoms with E-state index in [1.807, 2.05) is 0 Å². The number of halogens is 1. The Balaban J connectivity index is 1.58. The molecule has 0 radical (unpaired) electrons. The molecule has 3 rings (SSSR count). The Hall–Kier alpha value is -2.19. The van der Waals surface area contributed by atoms with E-state index in [1.54, 1.807) is 12.1 Å². The maximum absolute atomic E-state index is 13.8. The Morgan fingerprint density at radius 2 is 1.92 bits per heavy atom. The fraction of sp³-hybridized carbons (Fsp3) is 0.353. The number of piperidine rings is 1. The highest BCUT2D eigenvalue weighted by Gasteiger charge is 2.33. The van der Waals surface area contributed by atoms with Gasteiger partial charge in [-0.2, -0.15) is 4.31 Å². The van der Waals surface area contributed by atoms with Crippen LogP contribution in [-0.4, -0.2) is 31.7 Å². The van der Waals surface area contributed by atoms with E-state index in [0.29, 0.717) is 25.1 Å². The summed E-state index contributed by atoms with van der Waals surface area (Å²) in [4.78, 5) is 11.9. The largest absolute Gasteiger partial charge is 0.467 e. The number of carbonyl (C=O) groups is 1. The van der Waals surface area contributed by atoms with Gasteiger partial charge in [-0.15, -0.1) is 0 Å². The van der Waals surface area contributed by atoms with E-state index in [-0.39, 0.29) is 29.8 Å². The van der Waals surface area contributed by atoms with Gasteiger partial charge in [-0.1, -0.05) is 12.1 Å². The van der Waals surface area contributed by atoms with Crippen molar-refractivity contribution in [3.63, 3.8) is 0 Å². The van der Waals surface area contributed by atoms with Gasteiger partial charge >= 0.3 is 0 Å². The second-order valence-corrected chi connectivity index (χ2v) is 7.81. The van der Waals surface area contributed by atoms with Crippen LogP contribution in [0.4, 0.5) is 4.39 Å². The molecule has 0 aliphatic carbocycles. The quantitative estimate of drug-likeness (QED) is 0.879. The van der Waals surface area contributed by atoms with Crippen LogP contribution in [0.15, 0.2) is 52.0 Å². The summed E-state index contributed by atoms with van der Waals surface area (Å²) in [5, 5.41) is 2.79. The monoisotopic (exact) mass is 366 g/mol. The Morgan fingerprint density at radius 1 is 1.20 bits per heavy atom. The van der Waals surface area contributed by atoms with Gasteiger partial charge in [0.2, 0.25) is 15.9 Å². The summed E-state index contributed by atoms with van der Waals surface area (Å²) in [5.41, 5.74) is 0. The average Bonchev–Trinajstić information content (AvgIpc) is 3.13. The molecule has 134 valence electrons. The first-order valence-electron chi connectivity index (χ1n) is 8.03. The lowest BCUT2D eigenvalue weighted by Crippen LogP contribution is -2.43. The van der Waals surface area contributed by atoms with Crippen molar-refractivity contribution in [3.8, 4) is 0 Å². The molecule has 1 aromatic heterocycles. The molecule has 2 aromatic rings. The van der Waals surface area contributed by atoms with E-state index >= 15 is 0 Å². The standard InChI is InChI=1S/C17H19FN2O4S/c18-15-5-1-2-6-16(15)25(22,23)20-9-7-13(8-10-20)17(21)19-12-14-4-3-11-24-14/h1-6,11,13H,7-10,12H2,(H,19,21). The number of nitrogens with zero attached hydrogens (tertiary/aromatic N) is 1. The van der Waals surface area contributed by atoms with E-state index in [4.69, 9.17) is 4.42 Å². The van der Waals surface area contributed by atoms with E-state index in [0.717, 1.165) is 6.07 Å². The van der Waals surface area contributed by atoms with Gasteiger partial charge in [0.05, 0.1) is 12.8 Å². The van der Waals surface area contributed by atoms with Gasteiger partial charge in [-0.3, -0.25) is 4.79 Å². The summed E-state index contributed by atoms with van der Waals surface area (Å²) in [5.74, 6) is -0.491. The number of hydrogen-bond donors (Lipinski definition) is 1. The van der Waals surface area contributed by atoms with Crippen molar-refractivity contribution in [3.05, 3.63) is 54.2 Å². The predicted molar refractivity (Wildman–Crippen MR) is 88.4 cm³/mol. The number of carbonyl (C=O) groups excluding carboxylic acids is 1. The highest BCUT2D eigenvalue weighted by atomic mass is 32.2. The molecule has 0 bridgehead atoms. The van der Waals surface area contributed by atoms with Gasteiger partial charge in [0.15, 0.2) is 0 Å². The summed E-state index contributed by atoms with van der Waals surface area (Å²) in [6.07, 6.45) is 2.34. The van der Waals surface area contributed by atoms with Crippen LogP contribution in [0.25, 0.3) is 0 Å². The van der Waals surface area contributed by atoms with Crippen molar-refractivity contribution >= 4 is 15.9 Å². The number of hydrogen-bond acceptors (Lipinski definition) is 4. The smallest absolute Gasteiger partial charge is 0.245 e. The SMILES string of the molecule is O=C(NCc1ccco1)C1CCN(S(=O)(=O)c2ccccc2F)CC1. The first-order valence-corrected chi connectivity index (χ1v) is 9.47. The minimum Gasteiger partial charge on any atom is -0.467 e. The number of furan rings is 1. The van der Waals surface area contributed by atoms with Gasteiger partial charge in [-0.25, -0.2) is 12.8 Å². The minimum absolute atomic E-state index is 0.126. The van der Waals surface area contributed by atoms with Crippen molar-refractivity contribution < 1.29 is 22.0 Å². The lowest BCUT2D eigenvalue weighted by Gasteiger charge is -2.30. The fourth-order valence-corrected chi connectivity index (χ4v) is 4.42. The second-order valence-electron chi connectivity index (χ2n) is 5.91. The van der Waals surface area contributed by atoms with E-state index in [2.05, 4.69) is 5.32 Å². The Bertz CT molecular complexity index is 828. The third-order valence-electron chi connectivity index (χ3n) is 4.30. The van der Waals surface area contributed by atoms with E-state index in [9.17, 15) is 17.6 Å². The Kier molecular flexibility index (Phi) is 5.19. The van der Waals surface area contributed by atoms with E-state index < -0.39 is 15.8 Å². The predicted octanol–water partition coefficient (Wildman–Crippen LogP) is 2.14. The Morgan fingerprint density at radius 3 is 2.56 bits per heavy atom. The molecule has 1 amide bonds. The zero-order valence-corrected chi connectivity index (χ0v) is 14.3. The van der Waals surface area contributed by atoms with Crippen LogP contribution in [0, 0.1) is 11.7 Å². The second kappa shape index (κ2) is 7.37. The van der Waals surface area contributed by atoms with Gasteiger partial charge in [0.25, 0.3) is 0 Å². The first kappa shape index (κ1) is 17.6. The molecule has 0 saturated carbocycles. The molecule has 25 heavy (non-hydrogen) atoms. The zero-order valence-electron chi connectivity index (χ0n) is 13.5. The van der Waals surface area contributed by atoms with Gasteiger partial charge < -0.3 is 9.73 Å². The van der Waals surface area contributed by atoms with Crippen molar-refractivity contribution in [1.29, 1.82) is 0 Å². The lowest BCUT2D eigenvalue weighted by atomic mass is 9.97. The van der Waals surface area contributed by atoms with Crippen molar-refractivity contribution in [2.75, 3.05) is 13.1 Å². The maximum atomic E-state index is 13.8. The fourth-order valence-electron chi connectivity index (χ4n) is 2.88. The Labute approximate surface area is 145 Å². The number of benzene rings is 1. The minimum atomic E-state index is -3.88. The lowest BCUT2D eigenvalue weighted by molar-refractivity contribution is -0.126. The third kappa shape index (κ3) is 3.91. The van der Waals surface area contributed by atoms with Crippen LogP contribution in [-0.2, 0) is 21.4 Å².